The molecule has 0 aromatic heterocycles. The van der Waals surface area contributed by atoms with Gasteiger partial charge >= 0.3 is 0 Å². The number of guanidine groups is 1. The highest BCUT2D eigenvalue weighted by Gasteiger charge is 2.36. The molecule has 1 unspecified atom stereocenters. The van der Waals surface area contributed by atoms with Crippen molar-refractivity contribution in [1.29, 1.82) is 5.26 Å². The predicted octanol–water partition coefficient (Wildman–Crippen LogP) is 2.51. The van der Waals surface area contributed by atoms with Gasteiger partial charge in [0.1, 0.15) is 5.10 Å². The first-order chi connectivity index (χ1) is 12.9. The summed E-state index contributed by atoms with van der Waals surface area (Å²) in [5, 5.41) is 23.0. The first-order valence-corrected chi connectivity index (χ1v) is 8.93. The zero-order valence-electron chi connectivity index (χ0n) is 15.5. The second kappa shape index (κ2) is 7.76. The van der Waals surface area contributed by atoms with Crippen LogP contribution >= 0.6 is 0 Å². The fraction of sp³-hybridized carbons (Fsp3) is 0.474. The molecule has 0 aliphatic carbocycles. The molecule has 142 valence electrons. The van der Waals surface area contributed by atoms with Gasteiger partial charge in [-0.15, -0.1) is 0 Å². The molecule has 2 aliphatic heterocycles. The smallest absolute Gasteiger partial charge is 0.278 e. The van der Waals surface area contributed by atoms with Crippen molar-refractivity contribution in [2.45, 2.75) is 25.9 Å². The van der Waals surface area contributed by atoms with Gasteiger partial charge in [-0.3, -0.25) is 0 Å². The molecule has 0 bridgehead atoms. The fourth-order valence-corrected chi connectivity index (χ4v) is 3.59. The molecule has 0 saturated carbocycles. The van der Waals surface area contributed by atoms with Crippen molar-refractivity contribution < 1.29 is 9.77 Å². The lowest BCUT2D eigenvalue weighted by atomic mass is 9.97. The Kier molecular flexibility index (Phi) is 5.42. The molecule has 0 spiro atoms. The quantitative estimate of drug-likeness (QED) is 0.585. The molecule has 8 heteroatoms. The Labute approximate surface area is 158 Å². The number of hydrogen-bond donors (Lipinski definition) is 0. The highest BCUT2D eigenvalue weighted by Crippen LogP contribution is 2.30. The van der Waals surface area contributed by atoms with Crippen LogP contribution in [0.4, 0.5) is 0 Å². The van der Waals surface area contributed by atoms with E-state index in [0.717, 1.165) is 12.0 Å². The summed E-state index contributed by atoms with van der Waals surface area (Å²) in [5.74, 6) is 0.672. The highest BCUT2D eigenvalue weighted by molar-refractivity contribution is 5.83. The number of hydrogen-bond acceptors (Lipinski definition) is 4. The van der Waals surface area contributed by atoms with Crippen LogP contribution in [0.15, 0.2) is 35.6 Å². The Balaban J connectivity index is 1.73. The van der Waals surface area contributed by atoms with E-state index in [1.165, 1.54) is 0 Å². The Morgan fingerprint density at radius 2 is 2.30 bits per heavy atom. The molecule has 2 aliphatic rings. The van der Waals surface area contributed by atoms with Crippen molar-refractivity contribution in [2.75, 3.05) is 26.2 Å². The van der Waals surface area contributed by atoms with Crippen molar-refractivity contribution >= 4 is 12.0 Å². The topological polar surface area (TPSA) is 95.0 Å². The van der Waals surface area contributed by atoms with Crippen LogP contribution in [0.2, 0.25) is 0 Å². The maximum atomic E-state index is 11.0. The number of nitro groups is 1. The third kappa shape index (κ3) is 4.83. The van der Waals surface area contributed by atoms with Gasteiger partial charge in [-0.2, -0.15) is 5.26 Å². The molecule has 8 nitrogen and oxygen atoms in total. The minimum Gasteiger partial charge on any atom is -0.375 e. The number of benzene rings is 1. The molecule has 2 heterocycles. The Morgan fingerprint density at radius 3 is 2.96 bits per heavy atom. The summed E-state index contributed by atoms with van der Waals surface area (Å²) in [5.41, 5.74) is 1.29. The van der Waals surface area contributed by atoms with Crippen molar-refractivity contribution in [3.05, 3.63) is 51.7 Å². The van der Waals surface area contributed by atoms with Crippen LogP contribution < -0.4 is 0 Å². The summed E-state index contributed by atoms with van der Waals surface area (Å²) >= 11 is 0. The zero-order chi connectivity index (χ0) is 19.4. The lowest BCUT2D eigenvalue weighted by molar-refractivity contribution is -0.486. The van der Waals surface area contributed by atoms with Crippen LogP contribution in [-0.2, 0) is 4.74 Å². The first kappa shape index (κ1) is 18.9. The summed E-state index contributed by atoms with van der Waals surface area (Å²) in [6.45, 7) is 6.77. The van der Waals surface area contributed by atoms with E-state index in [-0.39, 0.29) is 5.60 Å². The predicted molar refractivity (Wildman–Crippen MR) is 101 cm³/mol. The lowest BCUT2D eigenvalue weighted by Crippen LogP contribution is -2.35. The average Bonchev–Trinajstić information content (AvgIpc) is 3.16. The Hall–Kier alpha value is -2.92. The van der Waals surface area contributed by atoms with E-state index in [9.17, 15) is 10.1 Å². The lowest BCUT2D eigenvalue weighted by Gasteiger charge is -2.22. The molecular weight excluding hydrogens is 346 g/mol. The third-order valence-corrected chi connectivity index (χ3v) is 4.75. The maximum Gasteiger partial charge on any atom is 0.278 e. The number of nitriles is 1. The molecule has 2 saturated heterocycles. The van der Waals surface area contributed by atoms with Crippen molar-refractivity contribution in [1.82, 2.24) is 9.80 Å². The van der Waals surface area contributed by atoms with Crippen LogP contribution in [0.3, 0.4) is 0 Å². The standard InChI is InChI=1S/C19H23N5O3/c1-19(2)11-17(14-27-19)13-23-9-8-22(18(23)21-24(25)26)7-6-15-4-3-5-16(10-15)12-20/h3-7,10,17H,8-9,11,13-14H2,1-2H3. The largest absolute Gasteiger partial charge is 0.375 e. The second-order valence-electron chi connectivity index (χ2n) is 7.47. The summed E-state index contributed by atoms with van der Waals surface area (Å²) in [6, 6.07) is 9.30. The summed E-state index contributed by atoms with van der Waals surface area (Å²) < 4.78 is 5.78. The van der Waals surface area contributed by atoms with E-state index in [0.29, 0.717) is 43.7 Å². The van der Waals surface area contributed by atoms with E-state index in [4.69, 9.17) is 10.00 Å². The van der Waals surface area contributed by atoms with Crippen molar-refractivity contribution in [2.24, 2.45) is 11.0 Å². The van der Waals surface area contributed by atoms with Gasteiger partial charge < -0.3 is 14.5 Å². The van der Waals surface area contributed by atoms with Gasteiger partial charge in [0.05, 0.1) is 23.8 Å². The van der Waals surface area contributed by atoms with Gasteiger partial charge in [-0.1, -0.05) is 12.1 Å². The van der Waals surface area contributed by atoms with Gasteiger partial charge in [0.2, 0.25) is 0 Å². The Bertz CT molecular complexity index is 812. The van der Waals surface area contributed by atoms with E-state index < -0.39 is 5.03 Å². The molecule has 0 amide bonds. The molecule has 2 fully saturated rings. The van der Waals surface area contributed by atoms with Gasteiger partial charge in [-0.25, -0.2) is 10.1 Å². The van der Waals surface area contributed by atoms with Crippen LogP contribution in [0.25, 0.3) is 6.08 Å². The molecule has 27 heavy (non-hydrogen) atoms. The van der Waals surface area contributed by atoms with Crippen LogP contribution in [0.5, 0.6) is 0 Å². The van der Waals surface area contributed by atoms with Crippen LogP contribution in [0, 0.1) is 27.4 Å². The fourth-order valence-electron chi connectivity index (χ4n) is 3.59. The van der Waals surface area contributed by atoms with E-state index in [1.54, 1.807) is 23.2 Å². The monoisotopic (exact) mass is 369 g/mol. The van der Waals surface area contributed by atoms with E-state index in [1.807, 2.05) is 23.1 Å². The summed E-state index contributed by atoms with van der Waals surface area (Å²) in [6.07, 6.45) is 4.54. The summed E-state index contributed by atoms with van der Waals surface area (Å²) in [4.78, 5) is 14.8. The maximum absolute atomic E-state index is 11.0. The number of nitrogens with zero attached hydrogens (tertiary/aromatic N) is 5. The molecule has 1 atom stereocenters. The van der Waals surface area contributed by atoms with E-state index in [2.05, 4.69) is 25.0 Å². The summed E-state index contributed by atoms with van der Waals surface area (Å²) in [7, 11) is 0. The molecule has 0 radical (unpaired) electrons. The zero-order valence-corrected chi connectivity index (χ0v) is 15.5. The normalized spacial score (nSPS) is 23.3. The molecule has 1 aromatic carbocycles. The van der Waals surface area contributed by atoms with Gasteiger partial charge in [0.15, 0.2) is 5.03 Å². The van der Waals surface area contributed by atoms with Gasteiger partial charge in [0.25, 0.3) is 5.96 Å². The number of hydrazone groups is 1. The Morgan fingerprint density at radius 1 is 1.48 bits per heavy atom. The van der Waals surface area contributed by atoms with Crippen molar-refractivity contribution in [3.8, 4) is 6.07 Å². The van der Waals surface area contributed by atoms with Crippen molar-refractivity contribution in [3.63, 3.8) is 0 Å². The van der Waals surface area contributed by atoms with Crippen LogP contribution in [-0.4, -0.2) is 52.6 Å². The molecule has 3 rings (SSSR count). The minimum atomic E-state index is -0.653. The van der Waals surface area contributed by atoms with Gasteiger partial charge in [-0.05, 0) is 44.0 Å². The van der Waals surface area contributed by atoms with Crippen LogP contribution in [0.1, 0.15) is 31.4 Å². The first-order valence-electron chi connectivity index (χ1n) is 8.93. The third-order valence-electron chi connectivity index (χ3n) is 4.75. The SMILES string of the molecule is CC1(C)CC(CN2CCN(C=Cc3cccc(C#N)c3)C2=N[N+](=O)[O-])CO1. The van der Waals surface area contributed by atoms with Gasteiger partial charge in [0, 0.05) is 31.8 Å². The number of rotatable bonds is 5. The average molecular weight is 369 g/mol. The number of ether oxygens (including phenoxy) is 1. The molecule has 0 N–H and O–H groups in total. The molecular formula is C19H23N5O3. The molecule has 1 aromatic rings. The van der Waals surface area contributed by atoms with E-state index >= 15 is 0 Å². The highest BCUT2D eigenvalue weighted by atomic mass is 16.7. The second-order valence-corrected chi connectivity index (χ2v) is 7.47. The minimum absolute atomic E-state index is 0.143.